The smallest absolute Gasteiger partial charge is 0.191 e. The van der Waals surface area contributed by atoms with E-state index >= 15 is 0 Å². The van der Waals surface area contributed by atoms with Gasteiger partial charge in [-0.1, -0.05) is 25.0 Å². The molecule has 1 aromatic carbocycles. The SMILES string of the molecule is CN=C(NCc1cccc(OCCN(C)CCOC)c1)NCC1(CCOC)CCCC1. The van der Waals surface area contributed by atoms with E-state index in [-0.39, 0.29) is 0 Å². The molecule has 1 aliphatic carbocycles. The van der Waals surface area contributed by atoms with E-state index in [1.165, 1.54) is 31.2 Å². The number of benzene rings is 1. The third-order valence-corrected chi connectivity index (χ3v) is 6.13. The first-order chi connectivity index (χ1) is 15.1. The molecule has 1 fully saturated rings. The first-order valence-corrected chi connectivity index (χ1v) is 11.4. The number of nitrogens with zero attached hydrogens (tertiary/aromatic N) is 2. The molecule has 7 heteroatoms. The lowest BCUT2D eigenvalue weighted by atomic mass is 9.83. The molecule has 0 saturated heterocycles. The van der Waals surface area contributed by atoms with Crippen molar-refractivity contribution in [1.29, 1.82) is 0 Å². The van der Waals surface area contributed by atoms with Crippen molar-refractivity contribution in [3.8, 4) is 5.75 Å². The van der Waals surface area contributed by atoms with Crippen molar-refractivity contribution >= 4 is 5.96 Å². The van der Waals surface area contributed by atoms with E-state index in [1.54, 1.807) is 14.2 Å². The minimum absolute atomic E-state index is 0.331. The van der Waals surface area contributed by atoms with Crippen LogP contribution in [0.2, 0.25) is 0 Å². The molecule has 0 aromatic heterocycles. The highest BCUT2D eigenvalue weighted by atomic mass is 16.5. The summed E-state index contributed by atoms with van der Waals surface area (Å²) in [6, 6.07) is 8.24. The van der Waals surface area contributed by atoms with Gasteiger partial charge in [0.25, 0.3) is 0 Å². The molecular formula is C24H42N4O3. The van der Waals surface area contributed by atoms with Crippen molar-refractivity contribution < 1.29 is 14.2 Å². The standard InChI is InChI=1S/C24H42N4O3/c1-25-23(27-20-24(12-15-29-3)10-5-6-11-24)26-19-21-8-7-9-22(18-21)31-17-14-28(2)13-16-30-4/h7-9,18H,5-6,10-17,19-20H2,1-4H3,(H2,25,26,27). The van der Waals surface area contributed by atoms with Gasteiger partial charge in [0, 0.05) is 54.1 Å². The van der Waals surface area contributed by atoms with Crippen LogP contribution in [0.15, 0.2) is 29.3 Å². The van der Waals surface area contributed by atoms with Crippen molar-refractivity contribution in [2.75, 3.05) is 67.8 Å². The molecule has 0 amide bonds. The Balaban J connectivity index is 1.77. The molecule has 2 N–H and O–H groups in total. The van der Waals surface area contributed by atoms with E-state index in [1.807, 2.05) is 19.2 Å². The van der Waals surface area contributed by atoms with Gasteiger partial charge in [0.1, 0.15) is 12.4 Å². The normalized spacial score (nSPS) is 16.0. The van der Waals surface area contributed by atoms with Crippen LogP contribution in [-0.2, 0) is 16.0 Å². The van der Waals surface area contributed by atoms with Crippen LogP contribution in [0, 0.1) is 5.41 Å². The molecule has 0 atom stereocenters. The quantitative estimate of drug-likeness (QED) is 0.347. The van der Waals surface area contributed by atoms with Gasteiger partial charge in [-0.05, 0) is 49.4 Å². The molecule has 0 unspecified atom stereocenters. The molecule has 0 heterocycles. The highest BCUT2D eigenvalue weighted by Gasteiger charge is 2.33. The summed E-state index contributed by atoms with van der Waals surface area (Å²) in [5, 5.41) is 6.98. The Bertz CT molecular complexity index is 647. The van der Waals surface area contributed by atoms with Crippen LogP contribution >= 0.6 is 0 Å². The molecule has 1 saturated carbocycles. The maximum absolute atomic E-state index is 5.93. The monoisotopic (exact) mass is 434 g/mol. The van der Waals surface area contributed by atoms with E-state index in [0.717, 1.165) is 51.0 Å². The number of hydrogen-bond acceptors (Lipinski definition) is 5. The summed E-state index contributed by atoms with van der Waals surface area (Å²) in [4.78, 5) is 6.61. The second kappa shape index (κ2) is 14.3. The predicted octanol–water partition coefficient (Wildman–Crippen LogP) is 2.91. The molecule has 1 aliphatic rings. The Labute approximate surface area is 188 Å². The van der Waals surface area contributed by atoms with Crippen LogP contribution in [0.25, 0.3) is 0 Å². The van der Waals surface area contributed by atoms with E-state index in [4.69, 9.17) is 14.2 Å². The van der Waals surface area contributed by atoms with Crippen molar-refractivity contribution in [2.24, 2.45) is 10.4 Å². The Morgan fingerprint density at radius 2 is 1.81 bits per heavy atom. The zero-order valence-electron chi connectivity index (χ0n) is 19.9. The second-order valence-corrected chi connectivity index (χ2v) is 8.52. The third kappa shape index (κ3) is 9.46. The molecule has 0 bridgehead atoms. The maximum atomic E-state index is 5.93. The van der Waals surface area contributed by atoms with Gasteiger partial charge in [0.2, 0.25) is 0 Å². The number of guanidine groups is 1. The van der Waals surface area contributed by atoms with Crippen LogP contribution in [0.1, 0.15) is 37.7 Å². The number of likely N-dealkylation sites (N-methyl/N-ethyl adjacent to an activating group) is 1. The van der Waals surface area contributed by atoms with Crippen molar-refractivity contribution in [1.82, 2.24) is 15.5 Å². The summed E-state index contributed by atoms with van der Waals surface area (Å²) in [6.07, 6.45) is 6.26. The van der Waals surface area contributed by atoms with Crippen molar-refractivity contribution in [3.05, 3.63) is 29.8 Å². The lowest BCUT2D eigenvalue weighted by Crippen LogP contribution is -2.43. The summed E-state index contributed by atoms with van der Waals surface area (Å²) in [5.74, 6) is 1.74. The molecular weight excluding hydrogens is 392 g/mol. The summed E-state index contributed by atoms with van der Waals surface area (Å²) < 4.78 is 16.4. The van der Waals surface area contributed by atoms with Gasteiger partial charge < -0.3 is 29.7 Å². The molecule has 0 radical (unpaired) electrons. The third-order valence-electron chi connectivity index (χ3n) is 6.13. The maximum Gasteiger partial charge on any atom is 0.191 e. The molecule has 0 spiro atoms. The van der Waals surface area contributed by atoms with E-state index in [0.29, 0.717) is 18.6 Å². The van der Waals surface area contributed by atoms with E-state index < -0.39 is 0 Å². The van der Waals surface area contributed by atoms with Crippen molar-refractivity contribution in [3.63, 3.8) is 0 Å². The van der Waals surface area contributed by atoms with Gasteiger partial charge in [-0.25, -0.2) is 0 Å². The first-order valence-electron chi connectivity index (χ1n) is 11.4. The van der Waals surface area contributed by atoms with Gasteiger partial charge in [-0.3, -0.25) is 4.99 Å². The van der Waals surface area contributed by atoms with Gasteiger partial charge in [-0.2, -0.15) is 0 Å². The number of ether oxygens (including phenoxy) is 3. The summed E-state index contributed by atoms with van der Waals surface area (Å²) >= 11 is 0. The van der Waals surface area contributed by atoms with E-state index in [9.17, 15) is 0 Å². The summed E-state index contributed by atoms with van der Waals surface area (Å²) in [7, 11) is 7.41. The molecule has 0 aliphatic heterocycles. The Hall–Kier alpha value is -1.83. The lowest BCUT2D eigenvalue weighted by Gasteiger charge is -2.30. The van der Waals surface area contributed by atoms with Gasteiger partial charge in [0.05, 0.1) is 6.61 Å². The second-order valence-electron chi connectivity index (χ2n) is 8.52. The largest absolute Gasteiger partial charge is 0.492 e. The average molecular weight is 435 g/mol. The van der Waals surface area contributed by atoms with E-state index in [2.05, 4.69) is 39.7 Å². The average Bonchev–Trinajstić information content (AvgIpc) is 3.26. The number of hydrogen-bond donors (Lipinski definition) is 2. The number of rotatable bonds is 14. The number of methoxy groups -OCH3 is 2. The molecule has 31 heavy (non-hydrogen) atoms. The summed E-state index contributed by atoms with van der Waals surface area (Å²) in [6.45, 7) is 5.63. The summed E-state index contributed by atoms with van der Waals surface area (Å²) in [5.41, 5.74) is 1.50. The van der Waals surface area contributed by atoms with Gasteiger partial charge >= 0.3 is 0 Å². The van der Waals surface area contributed by atoms with Crippen LogP contribution in [0.4, 0.5) is 0 Å². The number of aliphatic imine (C=N–C) groups is 1. The molecule has 1 aromatic rings. The van der Waals surface area contributed by atoms with Gasteiger partial charge in [0.15, 0.2) is 5.96 Å². The number of nitrogens with one attached hydrogen (secondary N) is 2. The fourth-order valence-corrected chi connectivity index (χ4v) is 4.06. The Kier molecular flexibility index (Phi) is 11.7. The van der Waals surface area contributed by atoms with Crippen LogP contribution < -0.4 is 15.4 Å². The van der Waals surface area contributed by atoms with Crippen LogP contribution in [0.3, 0.4) is 0 Å². The molecule has 7 nitrogen and oxygen atoms in total. The Morgan fingerprint density at radius 1 is 1.06 bits per heavy atom. The molecule has 176 valence electrons. The molecule has 2 rings (SSSR count). The van der Waals surface area contributed by atoms with Crippen LogP contribution in [0.5, 0.6) is 5.75 Å². The minimum Gasteiger partial charge on any atom is -0.492 e. The first kappa shape index (κ1) is 25.4. The van der Waals surface area contributed by atoms with Crippen LogP contribution in [-0.4, -0.2) is 78.6 Å². The fourth-order valence-electron chi connectivity index (χ4n) is 4.06. The highest BCUT2D eigenvalue weighted by molar-refractivity contribution is 5.79. The lowest BCUT2D eigenvalue weighted by molar-refractivity contribution is 0.138. The highest BCUT2D eigenvalue weighted by Crippen LogP contribution is 2.40. The zero-order valence-corrected chi connectivity index (χ0v) is 19.9. The van der Waals surface area contributed by atoms with Gasteiger partial charge in [-0.15, -0.1) is 0 Å². The fraction of sp³-hybridized carbons (Fsp3) is 0.708. The Morgan fingerprint density at radius 3 is 2.52 bits per heavy atom. The zero-order chi connectivity index (χ0) is 22.4. The topological polar surface area (TPSA) is 67.4 Å². The predicted molar refractivity (Wildman–Crippen MR) is 127 cm³/mol. The van der Waals surface area contributed by atoms with Crippen molar-refractivity contribution in [2.45, 2.75) is 38.6 Å². The minimum atomic E-state index is 0.331.